The summed E-state index contributed by atoms with van der Waals surface area (Å²) in [5.74, 6) is 0.533. The molecule has 0 saturated carbocycles. The second kappa shape index (κ2) is 4.53. The molecular weight excluding hydrogens is 266 g/mol. The molecule has 104 valence electrons. The summed E-state index contributed by atoms with van der Waals surface area (Å²) < 4.78 is 0. The fraction of sp³-hybridized carbons (Fsp3) is 0.333. The Morgan fingerprint density at radius 3 is 2.50 bits per heavy atom. The topological polar surface area (TPSA) is 12.0 Å². The minimum absolute atomic E-state index is 0.0796. The van der Waals surface area contributed by atoms with Gasteiger partial charge in [-0.1, -0.05) is 57.5 Å². The second-order valence-electron chi connectivity index (χ2n) is 6.37. The van der Waals surface area contributed by atoms with Crippen LogP contribution in [0.15, 0.2) is 36.4 Å². The number of hydrogen-bond donors (Lipinski definition) is 1. The SMILES string of the molecule is CC(C)c1ccc2c(c1)Nc1cccc(Cl)c1C2(C)C. The highest BCUT2D eigenvalue weighted by molar-refractivity contribution is 6.32. The van der Waals surface area contributed by atoms with Crippen LogP contribution in [0.5, 0.6) is 0 Å². The van der Waals surface area contributed by atoms with Gasteiger partial charge in [0.15, 0.2) is 0 Å². The third kappa shape index (κ3) is 1.92. The molecule has 1 heterocycles. The first-order valence-electron chi connectivity index (χ1n) is 7.11. The number of halogens is 1. The molecule has 1 aliphatic rings. The van der Waals surface area contributed by atoms with Crippen LogP contribution < -0.4 is 5.32 Å². The van der Waals surface area contributed by atoms with E-state index in [2.05, 4.69) is 57.3 Å². The Bertz CT molecular complexity index is 671. The maximum atomic E-state index is 6.43. The molecule has 20 heavy (non-hydrogen) atoms. The van der Waals surface area contributed by atoms with Gasteiger partial charge >= 0.3 is 0 Å². The lowest BCUT2D eigenvalue weighted by Gasteiger charge is -2.36. The monoisotopic (exact) mass is 285 g/mol. The fourth-order valence-electron chi connectivity index (χ4n) is 3.11. The van der Waals surface area contributed by atoms with E-state index < -0.39 is 0 Å². The van der Waals surface area contributed by atoms with E-state index in [1.165, 1.54) is 22.4 Å². The Hall–Kier alpha value is -1.47. The highest BCUT2D eigenvalue weighted by Gasteiger charge is 2.34. The van der Waals surface area contributed by atoms with Gasteiger partial charge in [0, 0.05) is 27.4 Å². The molecule has 1 aliphatic heterocycles. The molecule has 0 fully saturated rings. The van der Waals surface area contributed by atoms with Gasteiger partial charge < -0.3 is 5.32 Å². The molecule has 0 radical (unpaired) electrons. The highest BCUT2D eigenvalue weighted by atomic mass is 35.5. The van der Waals surface area contributed by atoms with E-state index in [1.54, 1.807) is 0 Å². The Morgan fingerprint density at radius 1 is 1.05 bits per heavy atom. The Labute approximate surface area is 126 Å². The molecule has 3 rings (SSSR count). The van der Waals surface area contributed by atoms with Gasteiger partial charge in [-0.05, 0) is 35.2 Å². The molecule has 0 aromatic heterocycles. The summed E-state index contributed by atoms with van der Waals surface area (Å²) >= 11 is 6.43. The molecule has 1 N–H and O–H groups in total. The average molecular weight is 286 g/mol. The summed E-state index contributed by atoms with van der Waals surface area (Å²) in [5.41, 5.74) is 6.10. The molecule has 2 aromatic rings. The fourth-order valence-corrected chi connectivity index (χ4v) is 3.52. The van der Waals surface area contributed by atoms with Crippen molar-refractivity contribution in [2.45, 2.75) is 39.0 Å². The summed E-state index contributed by atoms with van der Waals surface area (Å²) in [6.07, 6.45) is 0. The van der Waals surface area contributed by atoms with Crippen LogP contribution >= 0.6 is 11.6 Å². The van der Waals surface area contributed by atoms with E-state index in [0.717, 1.165) is 10.7 Å². The molecule has 0 atom stereocenters. The maximum Gasteiger partial charge on any atom is 0.0467 e. The zero-order valence-electron chi connectivity index (χ0n) is 12.4. The first-order valence-corrected chi connectivity index (χ1v) is 7.49. The second-order valence-corrected chi connectivity index (χ2v) is 6.78. The van der Waals surface area contributed by atoms with Crippen molar-refractivity contribution in [3.05, 3.63) is 58.1 Å². The minimum atomic E-state index is -0.0796. The summed E-state index contributed by atoms with van der Waals surface area (Å²) in [5, 5.41) is 4.38. The molecule has 2 heteroatoms. The number of anilines is 2. The normalized spacial score (nSPS) is 15.5. The smallest absolute Gasteiger partial charge is 0.0467 e. The maximum absolute atomic E-state index is 6.43. The van der Waals surface area contributed by atoms with Gasteiger partial charge in [-0.25, -0.2) is 0 Å². The van der Waals surface area contributed by atoms with E-state index in [-0.39, 0.29) is 5.41 Å². The van der Waals surface area contributed by atoms with Crippen molar-refractivity contribution in [3.8, 4) is 0 Å². The van der Waals surface area contributed by atoms with Crippen molar-refractivity contribution in [2.24, 2.45) is 0 Å². The molecule has 0 spiro atoms. The molecular formula is C18H20ClN. The molecule has 0 aliphatic carbocycles. The Kier molecular flexibility index (Phi) is 3.06. The van der Waals surface area contributed by atoms with Crippen molar-refractivity contribution < 1.29 is 0 Å². The quantitative estimate of drug-likeness (QED) is 0.693. The van der Waals surface area contributed by atoms with Gasteiger partial charge in [0.25, 0.3) is 0 Å². The lowest BCUT2D eigenvalue weighted by Crippen LogP contribution is -2.26. The number of hydrogen-bond acceptors (Lipinski definition) is 1. The summed E-state index contributed by atoms with van der Waals surface area (Å²) in [7, 11) is 0. The number of nitrogens with one attached hydrogen (secondary N) is 1. The third-order valence-corrected chi connectivity index (χ3v) is 4.61. The van der Waals surface area contributed by atoms with Crippen LogP contribution in [0, 0.1) is 0 Å². The van der Waals surface area contributed by atoms with Crippen LogP contribution in [0.4, 0.5) is 11.4 Å². The molecule has 0 bridgehead atoms. The predicted octanol–water partition coefficient (Wildman–Crippen LogP) is 5.85. The Balaban J connectivity index is 2.21. The average Bonchev–Trinajstić information content (AvgIpc) is 2.37. The van der Waals surface area contributed by atoms with Crippen molar-refractivity contribution in [2.75, 3.05) is 5.32 Å². The molecule has 0 saturated heterocycles. The summed E-state index contributed by atoms with van der Waals surface area (Å²) in [4.78, 5) is 0. The molecule has 1 nitrogen and oxygen atoms in total. The highest BCUT2D eigenvalue weighted by Crippen LogP contribution is 2.48. The number of rotatable bonds is 1. The van der Waals surface area contributed by atoms with Crippen molar-refractivity contribution in [1.29, 1.82) is 0 Å². The molecule has 2 aromatic carbocycles. The van der Waals surface area contributed by atoms with Crippen LogP contribution in [0.25, 0.3) is 0 Å². The van der Waals surface area contributed by atoms with E-state index in [1.807, 2.05) is 12.1 Å². The standard InChI is InChI=1S/C18H20ClN/c1-11(2)12-8-9-13-16(10-12)20-15-7-5-6-14(19)17(15)18(13,3)4/h5-11,20H,1-4H3. The van der Waals surface area contributed by atoms with E-state index in [9.17, 15) is 0 Å². The first kappa shape index (κ1) is 13.5. The lowest BCUT2D eigenvalue weighted by molar-refractivity contribution is 0.637. The Morgan fingerprint density at radius 2 is 1.80 bits per heavy atom. The summed E-state index contributed by atoms with van der Waals surface area (Å²) in [6.45, 7) is 8.93. The van der Waals surface area contributed by atoms with Gasteiger partial charge in [0.1, 0.15) is 0 Å². The van der Waals surface area contributed by atoms with Gasteiger partial charge in [-0.3, -0.25) is 0 Å². The van der Waals surface area contributed by atoms with Gasteiger partial charge in [-0.15, -0.1) is 0 Å². The largest absolute Gasteiger partial charge is 0.355 e. The molecule has 0 unspecified atom stereocenters. The molecule has 0 amide bonds. The van der Waals surface area contributed by atoms with E-state index in [0.29, 0.717) is 5.92 Å². The third-order valence-electron chi connectivity index (χ3n) is 4.29. The van der Waals surface area contributed by atoms with Crippen molar-refractivity contribution in [3.63, 3.8) is 0 Å². The predicted molar refractivity (Wildman–Crippen MR) is 87.4 cm³/mol. The number of fused-ring (bicyclic) bond motifs is 2. The number of benzene rings is 2. The zero-order valence-corrected chi connectivity index (χ0v) is 13.2. The van der Waals surface area contributed by atoms with Crippen LogP contribution in [-0.2, 0) is 5.41 Å². The van der Waals surface area contributed by atoms with Gasteiger partial charge in [0.2, 0.25) is 0 Å². The van der Waals surface area contributed by atoms with Crippen LogP contribution in [0.2, 0.25) is 5.02 Å². The van der Waals surface area contributed by atoms with Gasteiger partial charge in [-0.2, -0.15) is 0 Å². The van der Waals surface area contributed by atoms with Crippen LogP contribution in [0.3, 0.4) is 0 Å². The van der Waals surface area contributed by atoms with Crippen LogP contribution in [-0.4, -0.2) is 0 Å². The van der Waals surface area contributed by atoms with Gasteiger partial charge in [0.05, 0.1) is 0 Å². The van der Waals surface area contributed by atoms with Crippen molar-refractivity contribution in [1.82, 2.24) is 0 Å². The van der Waals surface area contributed by atoms with E-state index in [4.69, 9.17) is 11.6 Å². The summed E-state index contributed by atoms with van der Waals surface area (Å²) in [6, 6.07) is 12.8. The van der Waals surface area contributed by atoms with Crippen LogP contribution in [0.1, 0.15) is 50.3 Å². The minimum Gasteiger partial charge on any atom is -0.355 e. The van der Waals surface area contributed by atoms with Crippen molar-refractivity contribution >= 4 is 23.0 Å². The first-order chi connectivity index (χ1) is 9.41. The lowest BCUT2D eigenvalue weighted by atomic mass is 9.74. The van der Waals surface area contributed by atoms with E-state index >= 15 is 0 Å². The zero-order chi connectivity index (χ0) is 14.5.